The third kappa shape index (κ3) is 12.5. The van der Waals surface area contributed by atoms with Gasteiger partial charge < -0.3 is 71.3 Å². The Hall–Kier alpha value is -8.91. The standard InChI is InChI=1S/C63H72F2N16O7/c1-3-49(82)72-45-27-47(55(86)53(45)84)80-33-68-51-57(66-29-43(35-11-7-5-8-12-35)37-15-19-39(64)20-16-37)74-61(76-59(51)80)78-25-23-41(31-78)70-63(88)71-42-24-26-79(32-42)62-75-58(67-30-44(36-13-9-6-10-14-36)38-17-21-40(65)22-18-38)52-60(77-62)81(34-69-52)48-28-46(54(85)56(48)87)73-50(83)4-2/h5-22,33-34,41-48,53-56,84-87H,3-4,23-32H2,1-2H3,(H,72,82)(H,73,83)(H,66,74,76)(H,67,75,77)(H2,70,71,88)/t41-,42-,43?,44?,45+,46+,47-,48-,53-,54-,55+,56+/m1/s1. The number of aliphatic hydroxyl groups is 4. The van der Waals surface area contributed by atoms with Gasteiger partial charge in [-0.05, 0) is 72.2 Å². The number of rotatable bonds is 20. The number of hydrogen-bond donors (Lipinski definition) is 10. The number of imidazole rings is 2. The van der Waals surface area contributed by atoms with Gasteiger partial charge in [0.2, 0.25) is 23.7 Å². The molecule has 0 bridgehead atoms. The van der Waals surface area contributed by atoms with E-state index in [1.165, 1.54) is 24.3 Å². The molecule has 4 aromatic carbocycles. The van der Waals surface area contributed by atoms with Crippen LogP contribution >= 0.6 is 0 Å². The Morgan fingerprint density at radius 1 is 0.523 bits per heavy atom. The fourth-order valence-electron chi connectivity index (χ4n) is 12.8. The third-order valence-corrected chi connectivity index (χ3v) is 17.7. The molecule has 88 heavy (non-hydrogen) atoms. The maximum absolute atomic E-state index is 14.2. The van der Waals surface area contributed by atoms with E-state index in [0.29, 0.717) is 98.0 Å². The highest BCUT2D eigenvalue weighted by molar-refractivity contribution is 5.86. The molecule has 2 aliphatic heterocycles. The van der Waals surface area contributed by atoms with Crippen molar-refractivity contribution in [2.45, 2.75) is 125 Å². The highest BCUT2D eigenvalue weighted by Gasteiger charge is 2.45. The molecule has 12 rings (SSSR count). The molecule has 460 valence electrons. The number of amides is 4. The number of aliphatic hydroxyl groups excluding tert-OH is 4. The van der Waals surface area contributed by atoms with E-state index < -0.39 is 48.6 Å². The largest absolute Gasteiger partial charge is 0.388 e. The Labute approximate surface area is 506 Å². The van der Waals surface area contributed by atoms with Crippen LogP contribution in [0.25, 0.3) is 22.3 Å². The predicted molar refractivity (Wildman–Crippen MR) is 326 cm³/mol. The number of fused-ring (bicyclic) bond motifs is 2. The van der Waals surface area contributed by atoms with Crippen LogP contribution in [0.5, 0.6) is 0 Å². The zero-order valence-corrected chi connectivity index (χ0v) is 48.7. The van der Waals surface area contributed by atoms with Crippen molar-refractivity contribution in [3.63, 3.8) is 0 Å². The molecule has 4 amide bonds. The molecule has 4 aromatic heterocycles. The van der Waals surface area contributed by atoms with Crippen LogP contribution in [0.15, 0.2) is 122 Å². The third-order valence-electron chi connectivity index (χ3n) is 17.7. The Balaban J connectivity index is 0.768. The molecule has 0 spiro atoms. The lowest BCUT2D eigenvalue weighted by Gasteiger charge is -2.23. The number of urea groups is 1. The number of hydrogen-bond acceptors (Lipinski definition) is 17. The van der Waals surface area contributed by atoms with E-state index in [4.69, 9.17) is 29.9 Å². The number of benzene rings is 4. The first-order valence-electron chi connectivity index (χ1n) is 30.2. The van der Waals surface area contributed by atoms with Crippen LogP contribution in [0.3, 0.4) is 0 Å². The van der Waals surface area contributed by atoms with Crippen LogP contribution in [0.1, 0.15) is 98.5 Å². The van der Waals surface area contributed by atoms with E-state index in [0.717, 1.165) is 22.3 Å². The quantitative estimate of drug-likeness (QED) is 0.0480. The van der Waals surface area contributed by atoms with E-state index >= 15 is 0 Å². The summed E-state index contributed by atoms with van der Waals surface area (Å²) in [7, 11) is 0. The maximum atomic E-state index is 14.2. The molecule has 12 atom stereocenters. The van der Waals surface area contributed by atoms with E-state index in [-0.39, 0.29) is 79.1 Å². The molecule has 2 saturated heterocycles. The molecule has 2 unspecified atom stereocenters. The Morgan fingerprint density at radius 3 is 1.30 bits per heavy atom. The molecular formula is C63H72F2N16O7. The number of carbonyl (C=O) groups excluding carboxylic acids is 3. The second kappa shape index (κ2) is 25.8. The van der Waals surface area contributed by atoms with Gasteiger partial charge in [0, 0.05) is 76.0 Å². The summed E-state index contributed by atoms with van der Waals surface area (Å²) in [6.45, 7) is 5.76. The van der Waals surface area contributed by atoms with Crippen molar-refractivity contribution in [2.75, 3.05) is 59.7 Å². The topological polar surface area (TPSA) is 298 Å². The molecule has 4 aliphatic rings. The summed E-state index contributed by atoms with van der Waals surface area (Å²) in [6, 6.07) is 28.6. The summed E-state index contributed by atoms with van der Waals surface area (Å²) in [5, 5.41) is 64.2. The first-order chi connectivity index (χ1) is 42.7. The molecule has 8 aromatic rings. The van der Waals surface area contributed by atoms with Gasteiger partial charge in [0.15, 0.2) is 34.0 Å². The lowest BCUT2D eigenvalue weighted by atomic mass is 9.91. The number of aromatic nitrogens is 8. The van der Waals surface area contributed by atoms with E-state index in [1.807, 2.05) is 70.5 Å². The number of carbonyl (C=O) groups is 3. The van der Waals surface area contributed by atoms with Gasteiger partial charge in [-0.15, -0.1) is 0 Å². The fourth-order valence-corrected chi connectivity index (χ4v) is 12.8. The van der Waals surface area contributed by atoms with Gasteiger partial charge in [-0.3, -0.25) is 9.59 Å². The van der Waals surface area contributed by atoms with Crippen LogP contribution < -0.4 is 41.7 Å². The number of anilines is 4. The first kappa shape index (κ1) is 59.4. The molecule has 2 aliphatic carbocycles. The lowest BCUT2D eigenvalue weighted by molar-refractivity contribution is -0.123. The predicted octanol–water partition coefficient (Wildman–Crippen LogP) is 5.01. The number of halogens is 2. The molecule has 10 N–H and O–H groups in total. The van der Waals surface area contributed by atoms with Crippen molar-refractivity contribution in [2.24, 2.45) is 0 Å². The van der Waals surface area contributed by atoms with Crippen molar-refractivity contribution in [3.05, 3.63) is 156 Å². The van der Waals surface area contributed by atoms with Crippen molar-refractivity contribution in [1.82, 2.24) is 60.3 Å². The Bertz CT molecular complexity index is 3510. The summed E-state index contributed by atoms with van der Waals surface area (Å²) in [6.07, 6.45) is 0.116. The second-order valence-corrected chi connectivity index (χ2v) is 23.3. The highest BCUT2D eigenvalue weighted by atomic mass is 19.1. The molecule has 6 heterocycles. The van der Waals surface area contributed by atoms with Gasteiger partial charge in [0.25, 0.3) is 0 Å². The van der Waals surface area contributed by atoms with E-state index in [1.54, 1.807) is 59.9 Å². The maximum Gasteiger partial charge on any atom is 0.315 e. The van der Waals surface area contributed by atoms with Crippen LogP contribution in [0, 0.1) is 11.6 Å². The molecule has 4 fully saturated rings. The number of nitrogens with one attached hydrogen (secondary N) is 6. The lowest BCUT2D eigenvalue weighted by Crippen LogP contribution is -2.48. The van der Waals surface area contributed by atoms with Crippen LogP contribution in [-0.4, -0.2) is 165 Å². The van der Waals surface area contributed by atoms with Crippen molar-refractivity contribution < 1.29 is 43.6 Å². The van der Waals surface area contributed by atoms with Gasteiger partial charge in [0.05, 0.1) is 36.8 Å². The highest BCUT2D eigenvalue weighted by Crippen LogP contribution is 2.38. The summed E-state index contributed by atoms with van der Waals surface area (Å²) in [5.74, 6) is -0.156. The minimum Gasteiger partial charge on any atom is -0.388 e. The first-order valence-corrected chi connectivity index (χ1v) is 30.2. The molecule has 23 nitrogen and oxygen atoms in total. The van der Waals surface area contributed by atoms with Gasteiger partial charge in [0.1, 0.15) is 36.1 Å². The van der Waals surface area contributed by atoms with Gasteiger partial charge in [-0.25, -0.2) is 23.5 Å². The van der Waals surface area contributed by atoms with Crippen molar-refractivity contribution in [3.8, 4) is 0 Å². The summed E-state index contributed by atoms with van der Waals surface area (Å²) < 4.78 is 31.9. The Kier molecular flexibility index (Phi) is 17.4. The van der Waals surface area contributed by atoms with Crippen molar-refractivity contribution >= 4 is 63.7 Å². The molecule has 2 saturated carbocycles. The fraction of sp³-hybridized carbons (Fsp3) is 0.413. The van der Waals surface area contributed by atoms with E-state index in [9.17, 15) is 43.6 Å². The second-order valence-electron chi connectivity index (χ2n) is 23.3. The minimum atomic E-state index is -1.25. The summed E-state index contributed by atoms with van der Waals surface area (Å²) in [4.78, 5) is 72.5. The zero-order chi connectivity index (χ0) is 61.2. The van der Waals surface area contributed by atoms with Crippen LogP contribution in [0.2, 0.25) is 0 Å². The monoisotopic (exact) mass is 1200 g/mol. The average Bonchev–Trinajstić information content (AvgIpc) is 1.80. The Morgan fingerprint density at radius 2 is 0.909 bits per heavy atom. The minimum absolute atomic E-state index is 0.213. The number of nitrogens with zero attached hydrogens (tertiary/aromatic N) is 10. The normalized spacial score (nSPS) is 24.2. The van der Waals surface area contributed by atoms with Crippen molar-refractivity contribution in [1.29, 1.82) is 0 Å². The zero-order valence-electron chi connectivity index (χ0n) is 48.7. The molecule has 0 radical (unpaired) electrons. The van der Waals surface area contributed by atoms with Crippen LogP contribution in [-0.2, 0) is 9.59 Å². The smallest absolute Gasteiger partial charge is 0.315 e. The van der Waals surface area contributed by atoms with Gasteiger partial charge >= 0.3 is 6.03 Å². The van der Waals surface area contributed by atoms with Gasteiger partial charge in [-0.2, -0.15) is 19.9 Å². The van der Waals surface area contributed by atoms with Gasteiger partial charge in [-0.1, -0.05) is 98.8 Å². The molecular weight excluding hydrogens is 1130 g/mol. The SMILES string of the molecule is CCC(=O)N[C@H]1C[C@@H](n2cnc3c(NCC(c4ccccc4)c4ccc(F)cc4)nc(N4CC[C@@H](NC(=O)N[C@@H]5CCN(c6nc(NCC(c7ccccc7)c7ccc(F)cc7)c7ncn([C@@H]8C[C@H](NC(=O)CC)[C@@H](O)[C@H]8O)c7n6)C5)C4)nc32)[C@H](O)[C@@H]1O. The molecule has 25 heteroatoms. The summed E-state index contributed by atoms with van der Waals surface area (Å²) in [5.41, 5.74) is 5.35. The van der Waals surface area contributed by atoms with E-state index in [2.05, 4.69) is 31.9 Å². The average molecular weight is 1200 g/mol. The van der Waals surface area contributed by atoms with Crippen LogP contribution in [0.4, 0.5) is 37.1 Å². The summed E-state index contributed by atoms with van der Waals surface area (Å²) >= 11 is 0.